The number of fused-ring (bicyclic) bond motifs is 1. The van der Waals surface area contributed by atoms with Gasteiger partial charge in [-0.2, -0.15) is 0 Å². The fourth-order valence-electron chi connectivity index (χ4n) is 3.26. The van der Waals surface area contributed by atoms with E-state index in [1.54, 1.807) is 29.2 Å². The van der Waals surface area contributed by atoms with Gasteiger partial charge in [0.2, 0.25) is 0 Å². The lowest BCUT2D eigenvalue weighted by Gasteiger charge is -2.12. The van der Waals surface area contributed by atoms with E-state index in [2.05, 4.69) is 9.97 Å². The lowest BCUT2D eigenvalue weighted by molar-refractivity contribution is 0.0964. The predicted molar refractivity (Wildman–Crippen MR) is 105 cm³/mol. The summed E-state index contributed by atoms with van der Waals surface area (Å²) >= 11 is 0. The number of rotatable bonds is 6. The number of Topliss-reactive ketones (excluding diaryl/α,β-unsaturated/α-hetero) is 1. The van der Waals surface area contributed by atoms with Gasteiger partial charge < -0.3 is 9.55 Å². The molecule has 0 aliphatic heterocycles. The fraction of sp³-hybridized carbons (Fsp3) is 0.200. The Morgan fingerprint density at radius 1 is 1.07 bits per heavy atom. The standard InChI is InChI=1S/C20H19N5O3/c1-2-23-13-22-18-17(23)19(27)25(12-16(26)15-9-6-10-21-15)20(28)24(18)11-14-7-4-3-5-8-14/h3-10,13,21H,2,11-12H2,1H3. The van der Waals surface area contributed by atoms with Crippen LogP contribution in [-0.4, -0.2) is 29.5 Å². The summed E-state index contributed by atoms with van der Waals surface area (Å²) in [5.74, 6) is -0.336. The molecule has 0 aliphatic carbocycles. The predicted octanol–water partition coefficient (Wildman–Crippen LogP) is 1.64. The molecule has 0 aliphatic rings. The Labute approximate surface area is 159 Å². The molecule has 142 valence electrons. The molecule has 3 aromatic heterocycles. The zero-order valence-electron chi connectivity index (χ0n) is 15.3. The number of aromatic amines is 1. The van der Waals surface area contributed by atoms with Crippen LogP contribution in [-0.2, 0) is 19.6 Å². The first kappa shape index (κ1) is 17.7. The SMILES string of the molecule is CCn1cnc2c1c(=O)n(CC(=O)c1ccc[nH]1)c(=O)n2Cc1ccccc1. The van der Waals surface area contributed by atoms with Gasteiger partial charge in [0.15, 0.2) is 16.9 Å². The van der Waals surface area contributed by atoms with Crippen molar-refractivity contribution in [2.24, 2.45) is 0 Å². The zero-order chi connectivity index (χ0) is 19.7. The minimum atomic E-state index is -0.553. The van der Waals surface area contributed by atoms with Crippen LogP contribution in [0, 0.1) is 0 Å². The molecule has 28 heavy (non-hydrogen) atoms. The number of aryl methyl sites for hydroxylation is 1. The van der Waals surface area contributed by atoms with Crippen molar-refractivity contribution in [1.82, 2.24) is 23.7 Å². The molecule has 3 heterocycles. The fourth-order valence-corrected chi connectivity index (χ4v) is 3.26. The van der Waals surface area contributed by atoms with Gasteiger partial charge in [-0.1, -0.05) is 30.3 Å². The molecule has 0 atom stereocenters. The Morgan fingerprint density at radius 3 is 2.54 bits per heavy atom. The number of benzene rings is 1. The number of carbonyl (C=O) groups excluding carboxylic acids is 1. The van der Waals surface area contributed by atoms with E-state index in [0.717, 1.165) is 10.1 Å². The second-order valence-electron chi connectivity index (χ2n) is 6.46. The van der Waals surface area contributed by atoms with Crippen molar-refractivity contribution in [2.75, 3.05) is 0 Å². The molecule has 0 spiro atoms. The van der Waals surface area contributed by atoms with Crippen LogP contribution < -0.4 is 11.2 Å². The number of nitrogens with zero attached hydrogens (tertiary/aromatic N) is 4. The van der Waals surface area contributed by atoms with E-state index < -0.39 is 11.2 Å². The Kier molecular flexibility index (Phi) is 4.52. The Morgan fingerprint density at radius 2 is 1.86 bits per heavy atom. The van der Waals surface area contributed by atoms with E-state index in [0.29, 0.717) is 23.4 Å². The molecule has 8 nitrogen and oxygen atoms in total. The van der Waals surface area contributed by atoms with Crippen molar-refractivity contribution in [3.63, 3.8) is 0 Å². The maximum Gasteiger partial charge on any atom is 0.333 e. The second-order valence-corrected chi connectivity index (χ2v) is 6.46. The lowest BCUT2D eigenvalue weighted by atomic mass is 10.2. The highest BCUT2D eigenvalue weighted by Gasteiger charge is 2.20. The summed E-state index contributed by atoms with van der Waals surface area (Å²) < 4.78 is 4.12. The second kappa shape index (κ2) is 7.15. The van der Waals surface area contributed by atoms with Gasteiger partial charge in [-0.25, -0.2) is 9.78 Å². The molecule has 4 aromatic rings. The molecule has 0 radical (unpaired) electrons. The van der Waals surface area contributed by atoms with E-state index in [4.69, 9.17) is 0 Å². The highest BCUT2D eigenvalue weighted by atomic mass is 16.2. The molecule has 0 unspecified atom stereocenters. The van der Waals surface area contributed by atoms with Crippen LogP contribution in [0.3, 0.4) is 0 Å². The maximum atomic E-state index is 13.1. The molecular formula is C20H19N5O3. The molecule has 1 N–H and O–H groups in total. The van der Waals surface area contributed by atoms with Gasteiger partial charge >= 0.3 is 5.69 Å². The average molecular weight is 377 g/mol. The number of ketones is 1. The van der Waals surface area contributed by atoms with Crippen LogP contribution in [0.1, 0.15) is 23.0 Å². The van der Waals surface area contributed by atoms with Gasteiger partial charge in [0, 0.05) is 12.7 Å². The summed E-state index contributed by atoms with van der Waals surface area (Å²) in [6.07, 6.45) is 3.17. The van der Waals surface area contributed by atoms with E-state index in [9.17, 15) is 14.4 Å². The van der Waals surface area contributed by atoms with Crippen LogP contribution >= 0.6 is 0 Å². The highest BCUT2D eigenvalue weighted by Crippen LogP contribution is 2.10. The number of imidazole rings is 1. The normalized spacial score (nSPS) is 11.2. The summed E-state index contributed by atoms with van der Waals surface area (Å²) in [4.78, 5) is 45.8. The quantitative estimate of drug-likeness (QED) is 0.517. The van der Waals surface area contributed by atoms with Crippen molar-refractivity contribution in [3.8, 4) is 0 Å². The van der Waals surface area contributed by atoms with Crippen LogP contribution in [0.25, 0.3) is 11.2 Å². The Balaban J connectivity index is 1.90. The highest BCUT2D eigenvalue weighted by molar-refractivity contribution is 5.94. The minimum absolute atomic E-state index is 0.258. The molecule has 4 rings (SSSR count). The molecule has 0 saturated carbocycles. The minimum Gasteiger partial charge on any atom is -0.359 e. The average Bonchev–Trinajstić information content (AvgIpc) is 3.39. The first-order valence-electron chi connectivity index (χ1n) is 8.99. The zero-order valence-corrected chi connectivity index (χ0v) is 15.3. The number of carbonyl (C=O) groups is 1. The number of aromatic nitrogens is 5. The molecule has 0 bridgehead atoms. The van der Waals surface area contributed by atoms with E-state index in [-0.39, 0.29) is 18.9 Å². The summed E-state index contributed by atoms with van der Waals surface area (Å²) in [5, 5.41) is 0. The smallest absolute Gasteiger partial charge is 0.333 e. The van der Waals surface area contributed by atoms with Crippen LogP contribution in [0.15, 0.2) is 64.6 Å². The number of H-pyrrole nitrogens is 1. The topological polar surface area (TPSA) is 94.7 Å². The lowest BCUT2D eigenvalue weighted by Crippen LogP contribution is -2.42. The van der Waals surface area contributed by atoms with E-state index in [1.807, 2.05) is 37.3 Å². The number of nitrogens with one attached hydrogen (secondary N) is 1. The van der Waals surface area contributed by atoms with Gasteiger partial charge in [0.1, 0.15) is 0 Å². The largest absolute Gasteiger partial charge is 0.359 e. The van der Waals surface area contributed by atoms with Crippen LogP contribution in [0.2, 0.25) is 0 Å². The molecule has 0 amide bonds. The van der Waals surface area contributed by atoms with Crippen molar-refractivity contribution in [2.45, 2.75) is 26.6 Å². The van der Waals surface area contributed by atoms with Gasteiger partial charge in [-0.3, -0.25) is 18.7 Å². The molecular weight excluding hydrogens is 358 g/mol. The van der Waals surface area contributed by atoms with Crippen molar-refractivity contribution >= 4 is 16.9 Å². The monoisotopic (exact) mass is 377 g/mol. The summed E-state index contributed by atoms with van der Waals surface area (Å²) in [6.45, 7) is 2.34. The van der Waals surface area contributed by atoms with Crippen molar-refractivity contribution < 1.29 is 4.79 Å². The van der Waals surface area contributed by atoms with Gasteiger partial charge in [0.05, 0.1) is 25.1 Å². The van der Waals surface area contributed by atoms with E-state index in [1.165, 1.54) is 4.57 Å². The maximum absolute atomic E-state index is 13.1. The van der Waals surface area contributed by atoms with Gasteiger partial charge in [0.25, 0.3) is 5.56 Å². The summed E-state index contributed by atoms with van der Waals surface area (Å²) in [7, 11) is 0. The Bertz CT molecular complexity index is 1250. The molecule has 0 saturated heterocycles. The Hall–Kier alpha value is -3.68. The number of hydrogen-bond donors (Lipinski definition) is 1. The van der Waals surface area contributed by atoms with Crippen molar-refractivity contribution in [1.29, 1.82) is 0 Å². The van der Waals surface area contributed by atoms with Crippen LogP contribution in [0.4, 0.5) is 0 Å². The first-order chi connectivity index (χ1) is 13.6. The van der Waals surface area contributed by atoms with Gasteiger partial charge in [-0.15, -0.1) is 0 Å². The van der Waals surface area contributed by atoms with E-state index >= 15 is 0 Å². The molecule has 8 heteroatoms. The third kappa shape index (κ3) is 2.98. The number of hydrogen-bond acceptors (Lipinski definition) is 4. The van der Waals surface area contributed by atoms with Gasteiger partial charge in [-0.05, 0) is 24.6 Å². The molecule has 1 aromatic carbocycles. The third-order valence-electron chi connectivity index (χ3n) is 4.71. The summed E-state index contributed by atoms with van der Waals surface area (Å²) in [5.41, 5.74) is 0.829. The third-order valence-corrected chi connectivity index (χ3v) is 4.71. The molecule has 0 fully saturated rings. The first-order valence-corrected chi connectivity index (χ1v) is 8.99. The summed E-state index contributed by atoms with van der Waals surface area (Å²) in [6, 6.07) is 12.8. The van der Waals surface area contributed by atoms with Crippen molar-refractivity contribution in [3.05, 3.63) is 87.1 Å². The van der Waals surface area contributed by atoms with Crippen LogP contribution in [0.5, 0.6) is 0 Å².